The summed E-state index contributed by atoms with van der Waals surface area (Å²) in [7, 11) is 0. The van der Waals surface area contributed by atoms with Crippen molar-refractivity contribution in [3.05, 3.63) is 22.7 Å². The SMILES string of the molecule is CCCC(CCC)C(=O)Nc1ccn([C@@H]2O[C@H](COC(=O)[C@H](NC(=O)OC(C)(C)C)C(C)C)[C@@H](O)C2(F)F)c(=O)n1. The van der Waals surface area contributed by atoms with Gasteiger partial charge in [-0.15, -0.1) is 0 Å². The Kier molecular flexibility index (Phi) is 11.8. The summed E-state index contributed by atoms with van der Waals surface area (Å²) < 4.78 is 46.0. The van der Waals surface area contributed by atoms with Crippen LogP contribution in [0.15, 0.2) is 17.1 Å². The van der Waals surface area contributed by atoms with Gasteiger partial charge in [0.2, 0.25) is 12.1 Å². The molecule has 2 heterocycles. The van der Waals surface area contributed by atoms with Gasteiger partial charge >= 0.3 is 23.7 Å². The summed E-state index contributed by atoms with van der Waals surface area (Å²) in [6.07, 6.45) is -3.37. The van der Waals surface area contributed by atoms with E-state index in [9.17, 15) is 33.1 Å². The van der Waals surface area contributed by atoms with Crippen molar-refractivity contribution in [2.45, 2.75) is 110 Å². The molecule has 0 bridgehead atoms. The Labute approximate surface area is 238 Å². The van der Waals surface area contributed by atoms with E-state index in [4.69, 9.17) is 14.2 Å². The molecule has 14 heteroatoms. The lowest BCUT2D eigenvalue weighted by molar-refractivity contribution is -0.154. The van der Waals surface area contributed by atoms with Crippen LogP contribution in [0, 0.1) is 11.8 Å². The lowest BCUT2D eigenvalue weighted by atomic mass is 9.97. The van der Waals surface area contributed by atoms with Gasteiger partial charge in [0.1, 0.15) is 30.2 Å². The number of aliphatic hydroxyl groups is 1. The van der Waals surface area contributed by atoms with E-state index >= 15 is 0 Å². The van der Waals surface area contributed by atoms with Crippen molar-refractivity contribution in [3.8, 4) is 0 Å². The highest BCUT2D eigenvalue weighted by Crippen LogP contribution is 2.42. The maximum atomic E-state index is 15.0. The van der Waals surface area contributed by atoms with Crippen LogP contribution in [0.4, 0.5) is 19.4 Å². The summed E-state index contributed by atoms with van der Waals surface area (Å²) in [5, 5.41) is 15.2. The first-order chi connectivity index (χ1) is 19.0. The second-order valence-electron chi connectivity index (χ2n) is 11.4. The molecule has 2 rings (SSSR count). The molecule has 1 aliphatic heterocycles. The highest BCUT2D eigenvalue weighted by Gasteiger charge is 2.60. The summed E-state index contributed by atoms with van der Waals surface area (Å²) in [5.41, 5.74) is -1.96. The van der Waals surface area contributed by atoms with Crippen molar-refractivity contribution in [1.29, 1.82) is 0 Å². The first-order valence-electron chi connectivity index (χ1n) is 13.8. The van der Waals surface area contributed by atoms with Gasteiger partial charge in [-0.2, -0.15) is 13.8 Å². The maximum Gasteiger partial charge on any atom is 0.408 e. The fraction of sp³-hybridized carbons (Fsp3) is 0.741. The summed E-state index contributed by atoms with van der Waals surface area (Å²) in [6.45, 7) is 11.3. The quantitative estimate of drug-likeness (QED) is 0.311. The number of ether oxygens (including phenoxy) is 3. The number of hydrogen-bond acceptors (Lipinski definition) is 9. The molecule has 1 aromatic heterocycles. The Morgan fingerprint density at radius 3 is 2.32 bits per heavy atom. The van der Waals surface area contributed by atoms with E-state index in [1.54, 1.807) is 34.6 Å². The standard InChI is InChI=1S/C27H42F2N4O8/c1-8-10-16(11-9-2)21(35)30-18-12-13-33(24(37)31-18)23-27(28,29)20(34)17(40-23)14-39-22(36)19(15(3)4)32-25(38)41-26(5,6)7/h12-13,15-17,19-20,23,34H,8-11,14H2,1-7H3,(H,32,38)(H,30,31,35,37)/t17-,19-,20-,23-/m1/s1. The van der Waals surface area contributed by atoms with Crippen LogP contribution >= 0.6 is 0 Å². The number of aliphatic hydroxyl groups excluding tert-OH is 1. The third kappa shape index (κ3) is 9.18. The van der Waals surface area contributed by atoms with Crippen molar-refractivity contribution in [2.75, 3.05) is 11.9 Å². The maximum absolute atomic E-state index is 15.0. The predicted octanol–water partition coefficient (Wildman–Crippen LogP) is 3.38. The monoisotopic (exact) mass is 588 g/mol. The molecule has 41 heavy (non-hydrogen) atoms. The molecule has 1 aliphatic rings. The number of alkyl halides is 2. The molecular formula is C27H42F2N4O8. The largest absolute Gasteiger partial charge is 0.461 e. The van der Waals surface area contributed by atoms with Crippen LogP contribution < -0.4 is 16.3 Å². The zero-order chi connectivity index (χ0) is 31.1. The zero-order valence-corrected chi connectivity index (χ0v) is 24.6. The van der Waals surface area contributed by atoms with Crippen molar-refractivity contribution >= 4 is 23.8 Å². The van der Waals surface area contributed by atoms with E-state index in [0.717, 1.165) is 19.0 Å². The smallest absolute Gasteiger partial charge is 0.408 e. The Hall–Kier alpha value is -3.13. The number of hydrogen-bond donors (Lipinski definition) is 3. The van der Waals surface area contributed by atoms with Gasteiger partial charge in [0.25, 0.3) is 0 Å². The Morgan fingerprint density at radius 2 is 1.80 bits per heavy atom. The number of rotatable bonds is 12. The highest BCUT2D eigenvalue weighted by molar-refractivity contribution is 5.91. The number of carbonyl (C=O) groups excluding carboxylic acids is 3. The third-order valence-corrected chi connectivity index (χ3v) is 6.34. The molecule has 0 radical (unpaired) electrons. The fourth-order valence-corrected chi connectivity index (χ4v) is 4.28. The molecule has 0 aromatic carbocycles. The van der Waals surface area contributed by atoms with E-state index in [1.165, 1.54) is 6.07 Å². The van der Waals surface area contributed by atoms with Gasteiger partial charge in [-0.3, -0.25) is 9.36 Å². The van der Waals surface area contributed by atoms with Gasteiger partial charge in [0.05, 0.1) is 0 Å². The molecule has 1 fully saturated rings. The molecule has 0 saturated carbocycles. The number of amides is 2. The fourth-order valence-electron chi connectivity index (χ4n) is 4.28. The Bertz CT molecular complexity index is 1120. The van der Waals surface area contributed by atoms with Crippen molar-refractivity contribution in [2.24, 2.45) is 11.8 Å². The first kappa shape index (κ1) is 34.1. The van der Waals surface area contributed by atoms with Crippen LogP contribution in [-0.2, 0) is 23.8 Å². The van der Waals surface area contributed by atoms with Crippen molar-refractivity contribution in [3.63, 3.8) is 0 Å². The summed E-state index contributed by atoms with van der Waals surface area (Å²) >= 11 is 0. The number of anilines is 1. The average Bonchev–Trinajstić information content (AvgIpc) is 3.08. The van der Waals surface area contributed by atoms with Gasteiger partial charge in [-0.25, -0.2) is 14.4 Å². The molecule has 0 aliphatic carbocycles. The topological polar surface area (TPSA) is 158 Å². The van der Waals surface area contributed by atoms with Crippen LogP contribution in [-0.4, -0.2) is 69.0 Å². The molecule has 1 aromatic rings. The summed E-state index contributed by atoms with van der Waals surface area (Å²) in [6, 6.07) is 0.0201. The van der Waals surface area contributed by atoms with E-state index in [2.05, 4.69) is 15.6 Å². The normalized spacial score (nSPS) is 21.0. The summed E-state index contributed by atoms with van der Waals surface area (Å²) in [4.78, 5) is 53.7. The number of carbonyl (C=O) groups is 3. The molecular weight excluding hydrogens is 546 g/mol. The molecule has 4 atom stereocenters. The predicted molar refractivity (Wildman–Crippen MR) is 144 cm³/mol. The van der Waals surface area contributed by atoms with E-state index in [-0.39, 0.29) is 17.6 Å². The number of aromatic nitrogens is 2. The first-order valence-corrected chi connectivity index (χ1v) is 13.8. The number of alkyl carbamates (subject to hydrolysis) is 1. The van der Waals surface area contributed by atoms with Gasteiger partial charge in [-0.05, 0) is 45.6 Å². The van der Waals surface area contributed by atoms with Crippen LogP contribution in [0.2, 0.25) is 0 Å². The number of nitrogens with zero attached hydrogens (tertiary/aromatic N) is 2. The highest BCUT2D eigenvalue weighted by atomic mass is 19.3. The number of halogens is 2. The third-order valence-electron chi connectivity index (χ3n) is 6.34. The molecule has 0 unspecified atom stereocenters. The summed E-state index contributed by atoms with van der Waals surface area (Å²) in [5.74, 6) is -6.03. The molecule has 12 nitrogen and oxygen atoms in total. The molecule has 0 spiro atoms. The molecule has 1 saturated heterocycles. The second kappa shape index (κ2) is 14.2. The van der Waals surface area contributed by atoms with Gasteiger partial charge in [0.15, 0.2) is 6.10 Å². The lowest BCUT2D eigenvalue weighted by Crippen LogP contribution is -2.48. The van der Waals surface area contributed by atoms with Gasteiger partial charge < -0.3 is 30.0 Å². The van der Waals surface area contributed by atoms with Gasteiger partial charge in [0, 0.05) is 12.1 Å². The van der Waals surface area contributed by atoms with E-state index < -0.39 is 66.3 Å². The number of esters is 1. The van der Waals surface area contributed by atoms with E-state index in [1.807, 2.05) is 13.8 Å². The number of nitrogens with one attached hydrogen (secondary N) is 2. The van der Waals surface area contributed by atoms with Crippen molar-refractivity contribution in [1.82, 2.24) is 14.9 Å². The minimum atomic E-state index is -3.95. The van der Waals surface area contributed by atoms with Crippen LogP contribution in [0.1, 0.15) is 80.4 Å². The van der Waals surface area contributed by atoms with E-state index in [0.29, 0.717) is 17.4 Å². The minimum absolute atomic E-state index is 0.0991. The second-order valence-corrected chi connectivity index (χ2v) is 11.4. The molecule has 2 amide bonds. The lowest BCUT2D eigenvalue weighted by Gasteiger charge is -2.25. The van der Waals surface area contributed by atoms with Crippen LogP contribution in [0.3, 0.4) is 0 Å². The Morgan fingerprint density at radius 1 is 1.20 bits per heavy atom. The average molecular weight is 589 g/mol. The molecule has 232 valence electrons. The van der Waals surface area contributed by atoms with Crippen LogP contribution in [0.25, 0.3) is 0 Å². The Balaban J connectivity index is 2.11. The van der Waals surface area contributed by atoms with Crippen molar-refractivity contribution < 1.29 is 42.5 Å². The zero-order valence-electron chi connectivity index (χ0n) is 24.6. The minimum Gasteiger partial charge on any atom is -0.461 e. The van der Waals surface area contributed by atoms with Gasteiger partial charge in [-0.1, -0.05) is 40.5 Å². The molecule has 3 N–H and O–H groups in total. The van der Waals surface area contributed by atoms with Crippen LogP contribution in [0.5, 0.6) is 0 Å².